The Bertz CT molecular complexity index is 707. The predicted molar refractivity (Wildman–Crippen MR) is 83.2 cm³/mol. The van der Waals surface area contributed by atoms with E-state index >= 15 is 0 Å². The van der Waals surface area contributed by atoms with E-state index in [4.69, 9.17) is 4.74 Å². The fourth-order valence-electron chi connectivity index (χ4n) is 2.24. The van der Waals surface area contributed by atoms with Gasteiger partial charge in [-0.15, -0.1) is 0 Å². The zero-order valence-corrected chi connectivity index (χ0v) is 12.8. The van der Waals surface area contributed by atoms with Crippen molar-refractivity contribution in [3.05, 3.63) is 47.8 Å². The molecular formula is C16H18N4O3. The Labute approximate surface area is 133 Å². The van der Waals surface area contributed by atoms with Gasteiger partial charge in [-0.05, 0) is 38.0 Å². The van der Waals surface area contributed by atoms with E-state index in [1.54, 1.807) is 17.7 Å². The van der Waals surface area contributed by atoms with E-state index < -0.39 is 12.0 Å². The van der Waals surface area contributed by atoms with E-state index in [0.717, 1.165) is 24.2 Å². The van der Waals surface area contributed by atoms with Crippen molar-refractivity contribution in [2.75, 3.05) is 6.61 Å². The third-order valence-electron chi connectivity index (χ3n) is 3.51. The highest BCUT2D eigenvalue weighted by atomic mass is 16.5. The van der Waals surface area contributed by atoms with Crippen LogP contribution >= 0.6 is 0 Å². The van der Waals surface area contributed by atoms with Gasteiger partial charge in [0.2, 0.25) is 0 Å². The SMILES string of the molecule is CCOC(=O)NNC(=O)c1cc(C2CC2)nn1-c1ccccc1. The molecular weight excluding hydrogens is 296 g/mol. The minimum absolute atomic E-state index is 0.232. The second-order valence-corrected chi connectivity index (χ2v) is 5.28. The van der Waals surface area contributed by atoms with Crippen molar-refractivity contribution in [2.24, 2.45) is 0 Å². The number of ether oxygens (including phenoxy) is 1. The van der Waals surface area contributed by atoms with Gasteiger partial charge in [-0.25, -0.2) is 14.9 Å². The van der Waals surface area contributed by atoms with Gasteiger partial charge in [0.05, 0.1) is 18.0 Å². The number of hydrazine groups is 1. The molecule has 0 spiro atoms. The molecule has 2 N–H and O–H groups in total. The molecule has 1 heterocycles. The maximum Gasteiger partial charge on any atom is 0.426 e. The van der Waals surface area contributed by atoms with E-state index in [2.05, 4.69) is 16.0 Å². The van der Waals surface area contributed by atoms with E-state index in [9.17, 15) is 9.59 Å². The van der Waals surface area contributed by atoms with Crippen molar-refractivity contribution in [1.29, 1.82) is 0 Å². The van der Waals surface area contributed by atoms with Crippen LogP contribution in [0.3, 0.4) is 0 Å². The monoisotopic (exact) mass is 314 g/mol. The fraction of sp³-hybridized carbons (Fsp3) is 0.312. The number of rotatable bonds is 4. The molecule has 0 unspecified atom stereocenters. The van der Waals surface area contributed by atoms with Crippen LogP contribution in [0.5, 0.6) is 0 Å². The molecule has 120 valence electrons. The summed E-state index contributed by atoms with van der Waals surface area (Å²) >= 11 is 0. The minimum atomic E-state index is -0.700. The second kappa shape index (κ2) is 6.51. The van der Waals surface area contributed by atoms with Gasteiger partial charge in [-0.1, -0.05) is 18.2 Å². The molecule has 0 atom stereocenters. The quantitative estimate of drug-likeness (QED) is 0.847. The molecule has 1 aliphatic rings. The Kier molecular flexibility index (Phi) is 4.27. The van der Waals surface area contributed by atoms with Gasteiger partial charge < -0.3 is 4.74 Å². The molecule has 23 heavy (non-hydrogen) atoms. The van der Waals surface area contributed by atoms with Crippen LogP contribution in [0.25, 0.3) is 5.69 Å². The van der Waals surface area contributed by atoms with E-state index in [1.807, 2.05) is 30.3 Å². The standard InChI is InChI=1S/C16H18N4O3/c1-2-23-16(22)18-17-15(21)14-10-13(11-8-9-11)19-20(14)12-6-4-3-5-7-12/h3-7,10-11H,2,8-9H2,1H3,(H,17,21)(H,18,22). The highest BCUT2D eigenvalue weighted by Crippen LogP contribution is 2.39. The summed E-state index contributed by atoms with van der Waals surface area (Å²) in [4.78, 5) is 23.6. The lowest BCUT2D eigenvalue weighted by Gasteiger charge is -2.09. The summed E-state index contributed by atoms with van der Waals surface area (Å²) in [6.07, 6.45) is 1.48. The molecule has 7 nitrogen and oxygen atoms in total. The van der Waals surface area contributed by atoms with Crippen LogP contribution in [-0.4, -0.2) is 28.4 Å². The number of nitrogens with zero attached hydrogens (tertiary/aromatic N) is 2. The van der Waals surface area contributed by atoms with Crippen LogP contribution in [0, 0.1) is 0 Å². The normalized spacial score (nSPS) is 13.4. The number of para-hydroxylation sites is 1. The van der Waals surface area contributed by atoms with E-state index in [1.165, 1.54) is 0 Å². The maximum absolute atomic E-state index is 12.4. The van der Waals surface area contributed by atoms with Gasteiger partial charge in [0, 0.05) is 5.92 Å². The summed E-state index contributed by atoms with van der Waals surface area (Å²) in [5.41, 5.74) is 6.62. The number of benzene rings is 1. The molecule has 0 saturated heterocycles. The average Bonchev–Trinajstić information content (AvgIpc) is 3.32. The average molecular weight is 314 g/mol. The Morgan fingerprint density at radius 3 is 2.65 bits per heavy atom. The summed E-state index contributed by atoms with van der Waals surface area (Å²) in [7, 11) is 0. The summed E-state index contributed by atoms with van der Waals surface area (Å²) in [6.45, 7) is 1.92. The largest absolute Gasteiger partial charge is 0.449 e. The molecule has 0 bridgehead atoms. The number of aromatic nitrogens is 2. The van der Waals surface area contributed by atoms with Crippen LogP contribution in [-0.2, 0) is 4.74 Å². The predicted octanol–water partition coefficient (Wildman–Crippen LogP) is 2.14. The molecule has 3 rings (SSSR count). The summed E-state index contributed by atoms with van der Waals surface area (Å²) in [6, 6.07) is 11.2. The maximum atomic E-state index is 12.4. The highest BCUT2D eigenvalue weighted by molar-refractivity contribution is 5.94. The molecule has 7 heteroatoms. The van der Waals surface area contributed by atoms with Gasteiger partial charge in [0.1, 0.15) is 5.69 Å². The lowest BCUT2D eigenvalue weighted by Crippen LogP contribution is -2.42. The topological polar surface area (TPSA) is 85.2 Å². The van der Waals surface area contributed by atoms with Crippen molar-refractivity contribution in [3.8, 4) is 5.69 Å². The van der Waals surface area contributed by atoms with Crippen LogP contribution < -0.4 is 10.9 Å². The summed E-state index contributed by atoms with van der Waals surface area (Å²) < 4.78 is 6.30. The zero-order valence-electron chi connectivity index (χ0n) is 12.8. The second-order valence-electron chi connectivity index (χ2n) is 5.28. The van der Waals surface area contributed by atoms with Gasteiger partial charge >= 0.3 is 6.09 Å². The molecule has 2 amide bonds. The number of amides is 2. The van der Waals surface area contributed by atoms with Crippen molar-refractivity contribution < 1.29 is 14.3 Å². The number of carbonyl (C=O) groups is 2. The summed E-state index contributed by atoms with van der Waals surface area (Å²) in [5.74, 6) is -0.0224. The van der Waals surface area contributed by atoms with Crippen molar-refractivity contribution in [1.82, 2.24) is 20.6 Å². The Morgan fingerprint density at radius 1 is 1.26 bits per heavy atom. The van der Waals surface area contributed by atoms with Crippen molar-refractivity contribution in [3.63, 3.8) is 0 Å². The first-order chi connectivity index (χ1) is 11.2. The first-order valence-electron chi connectivity index (χ1n) is 7.57. The van der Waals surface area contributed by atoms with Crippen LogP contribution in [0.1, 0.15) is 41.9 Å². The Hall–Kier alpha value is -2.83. The van der Waals surface area contributed by atoms with Crippen LogP contribution in [0.15, 0.2) is 36.4 Å². The Balaban J connectivity index is 1.82. The first-order valence-corrected chi connectivity index (χ1v) is 7.57. The summed E-state index contributed by atoms with van der Waals surface area (Å²) in [5, 5.41) is 4.54. The van der Waals surface area contributed by atoms with Crippen molar-refractivity contribution >= 4 is 12.0 Å². The lowest BCUT2D eigenvalue weighted by molar-refractivity contribution is 0.0905. The lowest BCUT2D eigenvalue weighted by atomic mass is 10.2. The first kappa shape index (κ1) is 15.1. The number of hydrogen-bond donors (Lipinski definition) is 2. The number of carbonyl (C=O) groups excluding carboxylic acids is 2. The smallest absolute Gasteiger partial charge is 0.426 e. The van der Waals surface area contributed by atoms with Crippen molar-refractivity contribution in [2.45, 2.75) is 25.7 Å². The fourth-order valence-corrected chi connectivity index (χ4v) is 2.24. The molecule has 0 aliphatic heterocycles. The number of hydrogen-bond acceptors (Lipinski definition) is 4. The third-order valence-corrected chi connectivity index (χ3v) is 3.51. The van der Waals surface area contributed by atoms with Gasteiger partial charge in [-0.3, -0.25) is 10.2 Å². The molecule has 1 aliphatic carbocycles. The van der Waals surface area contributed by atoms with Crippen LogP contribution in [0.4, 0.5) is 4.79 Å². The molecule has 1 aromatic heterocycles. The van der Waals surface area contributed by atoms with E-state index in [0.29, 0.717) is 11.6 Å². The molecule has 0 radical (unpaired) electrons. The Morgan fingerprint density at radius 2 is 2.00 bits per heavy atom. The molecule has 1 fully saturated rings. The van der Waals surface area contributed by atoms with E-state index in [-0.39, 0.29) is 6.61 Å². The minimum Gasteiger partial charge on any atom is -0.449 e. The third kappa shape index (κ3) is 3.50. The molecule has 2 aromatic rings. The van der Waals surface area contributed by atoms with Gasteiger partial charge in [0.15, 0.2) is 0 Å². The molecule has 1 aromatic carbocycles. The molecule has 1 saturated carbocycles. The van der Waals surface area contributed by atoms with Gasteiger partial charge in [-0.2, -0.15) is 5.10 Å². The zero-order chi connectivity index (χ0) is 16.2. The highest BCUT2D eigenvalue weighted by Gasteiger charge is 2.29. The number of nitrogens with one attached hydrogen (secondary N) is 2. The van der Waals surface area contributed by atoms with Crippen LogP contribution in [0.2, 0.25) is 0 Å². The van der Waals surface area contributed by atoms with Gasteiger partial charge in [0.25, 0.3) is 5.91 Å².